The van der Waals surface area contributed by atoms with Gasteiger partial charge in [-0.15, -0.1) is 16.4 Å². The Balaban J connectivity index is 1.45. The van der Waals surface area contributed by atoms with Crippen LogP contribution in [0.5, 0.6) is 0 Å². The Kier molecular flexibility index (Phi) is 5.92. The maximum absolute atomic E-state index is 11.4. The van der Waals surface area contributed by atoms with Crippen molar-refractivity contribution in [3.05, 3.63) is 59.1 Å². The molecule has 0 unspecified atom stereocenters. The van der Waals surface area contributed by atoms with Crippen LogP contribution < -0.4 is 5.48 Å². The number of hydroxylamine groups is 1. The Morgan fingerprint density at radius 1 is 1.12 bits per heavy atom. The van der Waals surface area contributed by atoms with Gasteiger partial charge in [-0.2, -0.15) is 0 Å². The molecule has 0 bridgehead atoms. The molecular weight excluding hydrogens is 336 g/mol. The van der Waals surface area contributed by atoms with Gasteiger partial charge >= 0.3 is 0 Å². The highest BCUT2D eigenvalue weighted by Crippen LogP contribution is 2.26. The highest BCUT2D eigenvalue weighted by Gasteiger charge is 2.11. The molecule has 0 atom stereocenters. The van der Waals surface area contributed by atoms with E-state index >= 15 is 0 Å². The molecule has 1 aromatic carbocycles. The van der Waals surface area contributed by atoms with E-state index < -0.39 is 5.91 Å². The number of nitrogens with zero attached hydrogens (tertiary/aromatic N) is 3. The standard InChI is InChI=1S/C18H20N4O2S/c23-18(20-24)17-11-10-16(25-17)15-13-22(21-19-15)12-6-2-5-9-14-7-3-1-4-8-14/h1,3-4,7-8,10-11,13,24H,2,5-6,9,12H2,(H,20,23). The van der Waals surface area contributed by atoms with Crippen molar-refractivity contribution in [2.75, 3.05) is 0 Å². The fraction of sp³-hybridized carbons (Fsp3) is 0.278. The number of hydrogen-bond acceptors (Lipinski definition) is 5. The molecule has 130 valence electrons. The lowest BCUT2D eigenvalue weighted by Crippen LogP contribution is -2.16. The average Bonchev–Trinajstić information content (AvgIpc) is 3.31. The third-order valence-corrected chi connectivity index (χ3v) is 5.02. The first kappa shape index (κ1) is 17.3. The average molecular weight is 356 g/mol. The molecule has 6 nitrogen and oxygen atoms in total. The van der Waals surface area contributed by atoms with Gasteiger partial charge in [0.05, 0.1) is 16.0 Å². The molecule has 0 aliphatic rings. The summed E-state index contributed by atoms with van der Waals surface area (Å²) in [5.41, 5.74) is 3.76. The zero-order valence-electron chi connectivity index (χ0n) is 13.8. The van der Waals surface area contributed by atoms with Crippen molar-refractivity contribution in [3.8, 4) is 10.6 Å². The third-order valence-electron chi connectivity index (χ3n) is 3.92. The number of unbranched alkanes of at least 4 members (excludes halogenated alkanes) is 2. The second-order valence-electron chi connectivity index (χ2n) is 5.77. The predicted octanol–water partition coefficient (Wildman–Crippen LogP) is 3.54. The maximum Gasteiger partial charge on any atom is 0.284 e. The summed E-state index contributed by atoms with van der Waals surface area (Å²) in [7, 11) is 0. The Morgan fingerprint density at radius 2 is 1.96 bits per heavy atom. The zero-order valence-corrected chi connectivity index (χ0v) is 14.6. The molecule has 0 aliphatic heterocycles. The molecule has 0 aliphatic carbocycles. The van der Waals surface area contributed by atoms with Crippen molar-refractivity contribution < 1.29 is 10.0 Å². The Morgan fingerprint density at radius 3 is 2.76 bits per heavy atom. The summed E-state index contributed by atoms with van der Waals surface area (Å²) in [5, 5.41) is 17.0. The normalized spacial score (nSPS) is 10.8. The monoisotopic (exact) mass is 356 g/mol. The molecule has 0 saturated heterocycles. The minimum atomic E-state index is -0.512. The summed E-state index contributed by atoms with van der Waals surface area (Å²) in [5.74, 6) is -0.512. The smallest absolute Gasteiger partial charge is 0.284 e. The fourth-order valence-corrected chi connectivity index (χ4v) is 3.44. The summed E-state index contributed by atoms with van der Waals surface area (Å²) >= 11 is 1.27. The van der Waals surface area contributed by atoms with Gasteiger partial charge in [-0.3, -0.25) is 14.7 Å². The molecule has 3 aromatic rings. The van der Waals surface area contributed by atoms with Crippen LogP contribution in [-0.4, -0.2) is 26.1 Å². The minimum absolute atomic E-state index is 0.438. The predicted molar refractivity (Wildman–Crippen MR) is 96.6 cm³/mol. The number of aryl methyl sites for hydroxylation is 2. The highest BCUT2D eigenvalue weighted by molar-refractivity contribution is 7.17. The lowest BCUT2D eigenvalue weighted by atomic mass is 10.1. The van der Waals surface area contributed by atoms with E-state index in [4.69, 9.17) is 5.21 Å². The number of rotatable bonds is 8. The van der Waals surface area contributed by atoms with Crippen LogP contribution >= 0.6 is 11.3 Å². The molecule has 2 aromatic heterocycles. The Labute approximate surface area is 150 Å². The molecule has 0 fully saturated rings. The van der Waals surface area contributed by atoms with Crippen LogP contribution in [0.2, 0.25) is 0 Å². The van der Waals surface area contributed by atoms with Crippen LogP contribution in [0.4, 0.5) is 0 Å². The number of nitrogens with one attached hydrogen (secondary N) is 1. The summed E-state index contributed by atoms with van der Waals surface area (Å²) in [6.07, 6.45) is 6.36. The number of thiophene rings is 1. The first-order valence-electron chi connectivity index (χ1n) is 8.25. The second kappa shape index (κ2) is 8.55. The van der Waals surface area contributed by atoms with Gasteiger partial charge in [-0.1, -0.05) is 42.0 Å². The van der Waals surface area contributed by atoms with E-state index in [1.54, 1.807) is 11.5 Å². The number of aromatic nitrogens is 3. The quantitative estimate of drug-likeness (QED) is 0.367. The number of benzene rings is 1. The maximum atomic E-state index is 11.4. The van der Waals surface area contributed by atoms with Crippen LogP contribution in [0.25, 0.3) is 10.6 Å². The Bertz CT molecular complexity index is 813. The fourth-order valence-electron chi connectivity index (χ4n) is 2.60. The third kappa shape index (κ3) is 4.74. The van der Waals surface area contributed by atoms with Gasteiger partial charge in [-0.05, 0) is 37.0 Å². The van der Waals surface area contributed by atoms with E-state index in [1.807, 2.05) is 23.0 Å². The lowest BCUT2D eigenvalue weighted by molar-refractivity contribution is 0.0711. The summed E-state index contributed by atoms with van der Waals surface area (Å²) < 4.78 is 1.84. The highest BCUT2D eigenvalue weighted by atomic mass is 32.1. The first-order chi connectivity index (χ1) is 12.3. The van der Waals surface area contributed by atoms with Gasteiger partial charge in [0, 0.05) is 6.54 Å². The Hall–Kier alpha value is -2.51. The van der Waals surface area contributed by atoms with Crippen molar-refractivity contribution in [3.63, 3.8) is 0 Å². The van der Waals surface area contributed by atoms with E-state index in [2.05, 4.69) is 34.6 Å². The van der Waals surface area contributed by atoms with Gasteiger partial charge in [0.25, 0.3) is 5.91 Å². The number of amides is 1. The van der Waals surface area contributed by atoms with Crippen molar-refractivity contribution in [2.24, 2.45) is 0 Å². The van der Waals surface area contributed by atoms with Gasteiger partial charge in [0.2, 0.25) is 0 Å². The van der Waals surface area contributed by atoms with Crippen molar-refractivity contribution >= 4 is 17.2 Å². The van der Waals surface area contributed by atoms with Crippen LogP contribution in [0.1, 0.15) is 34.5 Å². The molecule has 3 rings (SSSR count). The zero-order chi connectivity index (χ0) is 17.5. The molecule has 2 heterocycles. The van der Waals surface area contributed by atoms with Crippen molar-refractivity contribution in [1.82, 2.24) is 20.5 Å². The molecule has 2 N–H and O–H groups in total. The lowest BCUT2D eigenvalue weighted by Gasteiger charge is -2.02. The van der Waals surface area contributed by atoms with Gasteiger partial charge in [-0.25, -0.2) is 5.48 Å². The van der Waals surface area contributed by atoms with Gasteiger partial charge in [0.1, 0.15) is 5.69 Å². The van der Waals surface area contributed by atoms with E-state index in [0.717, 1.165) is 42.8 Å². The molecule has 0 saturated carbocycles. The first-order valence-corrected chi connectivity index (χ1v) is 9.06. The van der Waals surface area contributed by atoms with E-state index in [9.17, 15) is 4.79 Å². The van der Waals surface area contributed by atoms with E-state index in [0.29, 0.717) is 4.88 Å². The summed E-state index contributed by atoms with van der Waals surface area (Å²) in [6, 6.07) is 14.0. The van der Waals surface area contributed by atoms with Crippen LogP contribution in [0.3, 0.4) is 0 Å². The minimum Gasteiger partial charge on any atom is -0.288 e. The van der Waals surface area contributed by atoms with Crippen LogP contribution in [0, 0.1) is 0 Å². The topological polar surface area (TPSA) is 80.0 Å². The molecule has 0 radical (unpaired) electrons. The van der Waals surface area contributed by atoms with Gasteiger partial charge < -0.3 is 0 Å². The summed E-state index contributed by atoms with van der Waals surface area (Å²) in [4.78, 5) is 12.7. The molecular formula is C18H20N4O2S. The number of carbonyl (C=O) groups excluding carboxylic acids is 1. The van der Waals surface area contributed by atoms with Crippen molar-refractivity contribution in [2.45, 2.75) is 32.2 Å². The largest absolute Gasteiger partial charge is 0.288 e. The van der Waals surface area contributed by atoms with Crippen LogP contribution in [0.15, 0.2) is 48.7 Å². The van der Waals surface area contributed by atoms with Crippen molar-refractivity contribution in [1.29, 1.82) is 0 Å². The van der Waals surface area contributed by atoms with E-state index in [-0.39, 0.29) is 0 Å². The van der Waals surface area contributed by atoms with E-state index in [1.165, 1.54) is 16.9 Å². The molecule has 7 heteroatoms. The summed E-state index contributed by atoms with van der Waals surface area (Å²) in [6.45, 7) is 0.831. The molecule has 1 amide bonds. The molecule has 25 heavy (non-hydrogen) atoms. The number of hydrogen-bond donors (Lipinski definition) is 2. The molecule has 0 spiro atoms. The van der Waals surface area contributed by atoms with Crippen LogP contribution in [-0.2, 0) is 13.0 Å². The van der Waals surface area contributed by atoms with Gasteiger partial charge in [0.15, 0.2) is 0 Å². The number of carbonyl (C=O) groups is 1. The second-order valence-corrected chi connectivity index (χ2v) is 6.85. The SMILES string of the molecule is O=C(NO)c1ccc(-c2cn(CCCCCc3ccccc3)nn2)s1.